The van der Waals surface area contributed by atoms with Gasteiger partial charge in [0.2, 0.25) is 0 Å². The molecule has 194 valence electrons. The van der Waals surface area contributed by atoms with Gasteiger partial charge in [0.05, 0.1) is 39.7 Å². The molecule has 1 aromatic carbocycles. The Bertz CT molecular complexity index is 1460. The smallest absolute Gasteiger partial charge is 0.266 e. The van der Waals surface area contributed by atoms with Crippen molar-refractivity contribution < 1.29 is 26.3 Å². The van der Waals surface area contributed by atoms with E-state index in [0.717, 1.165) is 6.07 Å². The lowest BCUT2D eigenvalue weighted by atomic mass is 9.86. The summed E-state index contributed by atoms with van der Waals surface area (Å²) in [5.74, 6) is -0.839. The second-order valence-corrected chi connectivity index (χ2v) is 11.3. The van der Waals surface area contributed by atoms with Crippen LogP contribution in [-0.2, 0) is 27.2 Å². The molecule has 3 aromatic rings. The summed E-state index contributed by atoms with van der Waals surface area (Å²) in [6.45, 7) is 1.61. The Morgan fingerprint density at radius 3 is 2.58 bits per heavy atom. The van der Waals surface area contributed by atoms with Crippen LogP contribution in [0.2, 0.25) is 0 Å². The first-order chi connectivity index (χ1) is 17.0. The van der Waals surface area contributed by atoms with Gasteiger partial charge >= 0.3 is 0 Å². The summed E-state index contributed by atoms with van der Waals surface area (Å²) in [4.78, 5) is 21.8. The monoisotopic (exact) mass is 524 g/mol. The van der Waals surface area contributed by atoms with Crippen molar-refractivity contribution in [3.05, 3.63) is 63.5 Å². The minimum Gasteiger partial charge on any atom is -0.373 e. The number of methoxy groups -OCH3 is 1. The van der Waals surface area contributed by atoms with E-state index in [4.69, 9.17) is 4.74 Å². The van der Waals surface area contributed by atoms with Crippen molar-refractivity contribution in [3.63, 3.8) is 0 Å². The summed E-state index contributed by atoms with van der Waals surface area (Å²) >= 11 is 0. The number of nitrogens with zero attached hydrogens (tertiary/aromatic N) is 3. The molecule has 36 heavy (non-hydrogen) atoms. The van der Waals surface area contributed by atoms with Crippen LogP contribution >= 0.6 is 0 Å². The molecule has 0 amide bonds. The predicted molar refractivity (Wildman–Crippen MR) is 129 cm³/mol. The Kier molecular flexibility index (Phi) is 7.11. The largest absolute Gasteiger partial charge is 0.373 e. The van der Waals surface area contributed by atoms with Gasteiger partial charge in [-0.05, 0) is 32.3 Å². The number of halogens is 3. The molecule has 1 N–H and O–H groups in total. The zero-order valence-electron chi connectivity index (χ0n) is 20.1. The number of hydrogen-bond donors (Lipinski definition) is 1. The third-order valence-corrected chi connectivity index (χ3v) is 8.59. The number of nitrogens with one attached hydrogen (secondary N) is 1. The first kappa shape index (κ1) is 26.1. The molecule has 0 bridgehead atoms. The summed E-state index contributed by atoms with van der Waals surface area (Å²) in [6.07, 6.45) is -0.924. The third kappa shape index (κ3) is 4.71. The van der Waals surface area contributed by atoms with Gasteiger partial charge in [-0.3, -0.25) is 9.36 Å². The van der Waals surface area contributed by atoms with Gasteiger partial charge in [-0.2, -0.15) is 0 Å². The van der Waals surface area contributed by atoms with Crippen molar-refractivity contribution in [1.82, 2.24) is 14.5 Å². The molecule has 3 heterocycles. The first-order valence-electron chi connectivity index (χ1n) is 11.4. The van der Waals surface area contributed by atoms with E-state index in [1.807, 2.05) is 0 Å². The maximum absolute atomic E-state index is 14.7. The van der Waals surface area contributed by atoms with Crippen molar-refractivity contribution in [1.29, 1.82) is 0 Å². The quantitative estimate of drug-likeness (QED) is 0.520. The van der Waals surface area contributed by atoms with E-state index < -0.39 is 39.3 Å². The maximum atomic E-state index is 14.7. The van der Waals surface area contributed by atoms with E-state index in [2.05, 4.69) is 15.3 Å². The van der Waals surface area contributed by atoms with Crippen LogP contribution in [0.5, 0.6) is 0 Å². The highest BCUT2D eigenvalue weighted by Gasteiger charge is 2.39. The third-order valence-electron chi connectivity index (χ3n) is 6.85. The van der Waals surface area contributed by atoms with Crippen LogP contribution in [0.3, 0.4) is 0 Å². The molecule has 0 saturated carbocycles. The number of aromatic nitrogens is 3. The molecule has 1 unspecified atom stereocenters. The number of anilines is 1. The van der Waals surface area contributed by atoms with Gasteiger partial charge in [0.15, 0.2) is 0 Å². The summed E-state index contributed by atoms with van der Waals surface area (Å²) in [6, 6.07) is 4.65. The lowest BCUT2D eigenvalue weighted by Gasteiger charge is -2.31. The van der Waals surface area contributed by atoms with Gasteiger partial charge in [-0.25, -0.2) is 31.6 Å². The normalized spacial score (nSPS) is 20.9. The molecule has 2 aromatic heterocycles. The van der Waals surface area contributed by atoms with Crippen LogP contribution in [0, 0.1) is 5.82 Å². The van der Waals surface area contributed by atoms with Crippen molar-refractivity contribution in [2.45, 2.75) is 44.3 Å². The highest BCUT2D eigenvalue weighted by molar-refractivity contribution is 7.91. The van der Waals surface area contributed by atoms with E-state index in [0.29, 0.717) is 23.9 Å². The van der Waals surface area contributed by atoms with Crippen molar-refractivity contribution in [3.8, 4) is 0 Å². The fourth-order valence-electron chi connectivity index (χ4n) is 4.77. The van der Waals surface area contributed by atoms with E-state index in [1.54, 1.807) is 13.0 Å². The van der Waals surface area contributed by atoms with Gasteiger partial charge in [0.1, 0.15) is 33.4 Å². The standard InChI is InChI=1S/C24H27F3N4O4S/c1-14(15-6-4-7-16(19(15)25)20(26)27)30-21-17-12-18(23(32)31(2)22(17)29-13-28-21)24(35-3)8-5-10-36(33,34)11-9-24/h4,6-7,12-14,20H,5,8-11H2,1-3H3,(H,28,29,30)/t14-,24?/m1/s1. The van der Waals surface area contributed by atoms with Crippen LogP contribution in [0.15, 0.2) is 35.4 Å². The molecule has 8 nitrogen and oxygen atoms in total. The molecule has 0 spiro atoms. The number of pyridine rings is 1. The Hall–Kier alpha value is -2.99. The number of aryl methyl sites for hydroxylation is 1. The average molecular weight is 525 g/mol. The molecule has 0 aliphatic carbocycles. The van der Waals surface area contributed by atoms with Crippen LogP contribution in [-0.4, -0.2) is 41.6 Å². The maximum Gasteiger partial charge on any atom is 0.266 e. The first-order valence-corrected chi connectivity index (χ1v) is 13.3. The summed E-state index contributed by atoms with van der Waals surface area (Å²) < 4.78 is 72.7. The topological polar surface area (TPSA) is 103 Å². The van der Waals surface area contributed by atoms with Crippen molar-refractivity contribution in [2.75, 3.05) is 23.9 Å². The fourth-order valence-corrected chi connectivity index (χ4v) is 6.20. The van der Waals surface area contributed by atoms with Crippen LogP contribution in [0.1, 0.15) is 55.3 Å². The Morgan fingerprint density at radius 1 is 1.17 bits per heavy atom. The molecule has 2 atom stereocenters. The average Bonchev–Trinajstić information content (AvgIpc) is 2.99. The van der Waals surface area contributed by atoms with Crippen LogP contribution in [0.4, 0.5) is 19.0 Å². The molecule has 0 radical (unpaired) electrons. The van der Waals surface area contributed by atoms with Gasteiger partial charge in [-0.15, -0.1) is 0 Å². The Morgan fingerprint density at radius 2 is 1.89 bits per heavy atom. The lowest BCUT2D eigenvalue weighted by Crippen LogP contribution is -2.37. The number of ether oxygens (including phenoxy) is 1. The van der Waals surface area contributed by atoms with Crippen LogP contribution < -0.4 is 10.9 Å². The summed E-state index contributed by atoms with van der Waals surface area (Å²) in [5, 5.41) is 3.48. The van der Waals surface area contributed by atoms with Gasteiger partial charge in [-0.1, -0.05) is 18.2 Å². The van der Waals surface area contributed by atoms with E-state index in [1.165, 1.54) is 37.2 Å². The lowest BCUT2D eigenvalue weighted by molar-refractivity contribution is -0.0253. The van der Waals surface area contributed by atoms with E-state index in [-0.39, 0.29) is 40.4 Å². The Labute approximate surface area is 206 Å². The summed E-state index contributed by atoms with van der Waals surface area (Å²) in [5.41, 5.74) is -1.59. The number of fused-ring (bicyclic) bond motifs is 1. The highest BCUT2D eigenvalue weighted by Crippen LogP contribution is 2.37. The number of alkyl halides is 2. The van der Waals surface area contributed by atoms with Crippen molar-refractivity contribution in [2.24, 2.45) is 7.05 Å². The van der Waals surface area contributed by atoms with Gasteiger partial charge in [0, 0.05) is 19.7 Å². The molecule has 12 heteroatoms. The molecule has 1 aliphatic heterocycles. The predicted octanol–water partition coefficient (Wildman–Crippen LogP) is 4.02. The molecule has 1 fully saturated rings. The fraction of sp³-hybridized carbons (Fsp3) is 0.458. The second kappa shape index (κ2) is 9.81. The summed E-state index contributed by atoms with van der Waals surface area (Å²) in [7, 11) is -0.271. The highest BCUT2D eigenvalue weighted by atomic mass is 32.2. The second-order valence-electron chi connectivity index (χ2n) is 9.00. The van der Waals surface area contributed by atoms with Gasteiger partial charge in [0.25, 0.3) is 12.0 Å². The van der Waals surface area contributed by atoms with Crippen LogP contribution in [0.25, 0.3) is 11.0 Å². The zero-order valence-corrected chi connectivity index (χ0v) is 20.9. The number of sulfone groups is 1. The van der Waals surface area contributed by atoms with Gasteiger partial charge < -0.3 is 10.1 Å². The minimum atomic E-state index is -3.26. The molecule has 4 rings (SSSR count). The number of rotatable bonds is 6. The zero-order chi connectivity index (χ0) is 26.3. The molecule has 1 aliphatic rings. The number of benzene rings is 1. The minimum absolute atomic E-state index is 0.0166. The van der Waals surface area contributed by atoms with E-state index >= 15 is 0 Å². The Balaban J connectivity index is 1.82. The SMILES string of the molecule is COC1(c2cc3c(N[C@H](C)c4cccc(C(F)F)c4F)ncnc3n(C)c2=O)CCCS(=O)(=O)CC1. The van der Waals surface area contributed by atoms with E-state index in [9.17, 15) is 26.4 Å². The number of hydrogen-bond acceptors (Lipinski definition) is 7. The molecular weight excluding hydrogens is 497 g/mol. The van der Waals surface area contributed by atoms with Crippen molar-refractivity contribution >= 4 is 26.7 Å². The molecular formula is C24H27F3N4O4S. The molecule has 1 saturated heterocycles.